The minimum absolute atomic E-state index is 0. The molecule has 0 bridgehead atoms. The summed E-state index contributed by atoms with van der Waals surface area (Å²) in [5, 5.41) is 8.20. The van der Waals surface area contributed by atoms with Gasteiger partial charge in [-0.05, 0) is 11.6 Å². The molecule has 0 aliphatic carbocycles. The molecule has 0 N–H and O–H groups in total. The quantitative estimate of drug-likeness (QED) is 0.416. The summed E-state index contributed by atoms with van der Waals surface area (Å²) in [7, 11) is 0. The van der Waals surface area contributed by atoms with Crippen LogP contribution in [0.5, 0.6) is 0 Å². The van der Waals surface area contributed by atoms with Gasteiger partial charge in [-0.1, -0.05) is 0 Å². The predicted octanol–water partition coefficient (Wildman–Crippen LogP) is 1.57. The SMILES string of the molecule is N#Cc1[c-]cccc1F.[CH3-].[Mg+2]. The van der Waals surface area contributed by atoms with E-state index in [1.54, 1.807) is 6.07 Å². The third kappa shape index (κ3) is 3.35. The van der Waals surface area contributed by atoms with Gasteiger partial charge in [0.1, 0.15) is 0 Å². The van der Waals surface area contributed by atoms with Gasteiger partial charge in [-0.25, -0.2) is 0 Å². The first-order chi connectivity index (χ1) is 4.34. The summed E-state index contributed by atoms with van der Waals surface area (Å²) in [6.45, 7) is 0. The van der Waals surface area contributed by atoms with E-state index < -0.39 is 5.82 Å². The van der Waals surface area contributed by atoms with Crippen LogP contribution in [0.3, 0.4) is 0 Å². The van der Waals surface area contributed by atoms with Gasteiger partial charge in [-0.2, -0.15) is 0 Å². The Bertz CT molecular complexity index is 255. The normalized spacial score (nSPS) is 6.91. The number of halogens is 1. The van der Waals surface area contributed by atoms with Crippen LogP contribution >= 0.6 is 0 Å². The van der Waals surface area contributed by atoms with Crippen molar-refractivity contribution in [2.45, 2.75) is 0 Å². The van der Waals surface area contributed by atoms with Crippen LogP contribution < -0.4 is 0 Å². The van der Waals surface area contributed by atoms with Crippen LogP contribution in [0.15, 0.2) is 18.2 Å². The van der Waals surface area contributed by atoms with Crippen LogP contribution in [0.1, 0.15) is 5.56 Å². The van der Waals surface area contributed by atoms with Gasteiger partial charge in [-0.3, -0.25) is 9.65 Å². The fourth-order valence-electron chi connectivity index (χ4n) is 0.502. The Hall–Kier alpha value is -0.594. The van der Waals surface area contributed by atoms with E-state index in [9.17, 15) is 4.39 Å². The van der Waals surface area contributed by atoms with Crippen molar-refractivity contribution in [2.75, 3.05) is 0 Å². The molecule has 0 aliphatic rings. The van der Waals surface area contributed by atoms with Crippen molar-refractivity contribution in [1.82, 2.24) is 0 Å². The Morgan fingerprint density at radius 2 is 2.18 bits per heavy atom. The molecule has 0 aliphatic heterocycles. The first-order valence-corrected chi connectivity index (χ1v) is 2.41. The van der Waals surface area contributed by atoms with Crippen molar-refractivity contribution in [3.63, 3.8) is 0 Å². The second-order valence-corrected chi connectivity index (χ2v) is 1.50. The molecule has 0 saturated carbocycles. The van der Waals surface area contributed by atoms with Gasteiger partial charge in [0.2, 0.25) is 0 Å². The molecule has 0 unspecified atom stereocenters. The number of hydrogen-bond acceptors (Lipinski definition) is 1. The summed E-state index contributed by atoms with van der Waals surface area (Å²) in [5.41, 5.74) is -0.0301. The van der Waals surface area contributed by atoms with E-state index >= 15 is 0 Å². The van der Waals surface area contributed by atoms with E-state index in [-0.39, 0.29) is 36.0 Å². The molecule has 11 heavy (non-hydrogen) atoms. The monoisotopic (exact) mass is 159 g/mol. The molecule has 0 spiro atoms. The maximum Gasteiger partial charge on any atom is 2.00 e. The molecular formula is C8H6FMgN. The molecule has 1 aromatic carbocycles. The molecule has 0 amide bonds. The minimum Gasteiger partial charge on any atom is -0.358 e. The number of nitriles is 1. The summed E-state index contributed by atoms with van der Waals surface area (Å²) >= 11 is 0. The standard InChI is InChI=1S/C7H3FN.CH3.Mg/c8-7-4-2-1-3-6(7)5-9;;/h1-2,4H;1H3;/q2*-1;+2. The maximum atomic E-state index is 12.3. The van der Waals surface area contributed by atoms with Crippen LogP contribution in [0, 0.1) is 30.6 Å². The molecule has 0 saturated heterocycles. The molecule has 3 heteroatoms. The van der Waals surface area contributed by atoms with Crippen LogP contribution in [0.2, 0.25) is 0 Å². The zero-order valence-electron chi connectivity index (χ0n) is 6.26. The van der Waals surface area contributed by atoms with Crippen LogP contribution in [-0.2, 0) is 0 Å². The topological polar surface area (TPSA) is 23.8 Å². The number of rotatable bonds is 0. The average molecular weight is 159 g/mol. The van der Waals surface area contributed by atoms with Gasteiger partial charge >= 0.3 is 23.1 Å². The van der Waals surface area contributed by atoms with Gasteiger partial charge < -0.3 is 7.43 Å². The molecule has 0 radical (unpaired) electrons. The molecule has 52 valence electrons. The second kappa shape index (κ2) is 6.14. The van der Waals surface area contributed by atoms with Gasteiger partial charge in [0.25, 0.3) is 0 Å². The van der Waals surface area contributed by atoms with Crippen LogP contribution in [0.4, 0.5) is 4.39 Å². The summed E-state index contributed by atoms with van der Waals surface area (Å²) in [5.74, 6) is -0.514. The van der Waals surface area contributed by atoms with Crippen molar-refractivity contribution in [1.29, 1.82) is 5.26 Å². The van der Waals surface area contributed by atoms with E-state index in [0.29, 0.717) is 0 Å². The number of nitrogens with zero attached hydrogens (tertiary/aromatic N) is 1. The fourth-order valence-corrected chi connectivity index (χ4v) is 0.502. The largest absolute Gasteiger partial charge is 2.00 e. The third-order valence-electron chi connectivity index (χ3n) is 0.917. The maximum absolute atomic E-state index is 12.3. The molecule has 1 rings (SSSR count). The van der Waals surface area contributed by atoms with E-state index in [1.807, 2.05) is 0 Å². The number of hydrogen-bond donors (Lipinski definition) is 0. The Morgan fingerprint density at radius 3 is 2.55 bits per heavy atom. The van der Waals surface area contributed by atoms with E-state index in [0.717, 1.165) is 0 Å². The smallest absolute Gasteiger partial charge is 0.358 e. The predicted molar refractivity (Wildman–Crippen MR) is 42.1 cm³/mol. The molecule has 0 atom stereocenters. The van der Waals surface area contributed by atoms with Gasteiger partial charge in [0.15, 0.2) is 0 Å². The first-order valence-electron chi connectivity index (χ1n) is 2.41. The summed E-state index contributed by atoms with van der Waals surface area (Å²) in [6.07, 6.45) is 0. The minimum atomic E-state index is -0.514. The van der Waals surface area contributed by atoms with Crippen molar-refractivity contribution in [2.24, 2.45) is 0 Å². The van der Waals surface area contributed by atoms with Crippen LogP contribution in [-0.4, -0.2) is 23.1 Å². The zero-order valence-corrected chi connectivity index (χ0v) is 7.68. The molecular weight excluding hydrogens is 153 g/mol. The molecule has 0 heterocycles. The zero-order chi connectivity index (χ0) is 6.69. The van der Waals surface area contributed by atoms with Crippen molar-refractivity contribution < 1.29 is 4.39 Å². The van der Waals surface area contributed by atoms with Crippen molar-refractivity contribution in [3.8, 4) is 6.07 Å². The molecule has 1 nitrogen and oxygen atoms in total. The Morgan fingerprint density at radius 1 is 1.55 bits per heavy atom. The molecule has 1 aromatic rings. The molecule has 0 fully saturated rings. The van der Waals surface area contributed by atoms with E-state index in [2.05, 4.69) is 6.07 Å². The van der Waals surface area contributed by atoms with Gasteiger partial charge in [0.05, 0.1) is 0 Å². The number of benzene rings is 1. The summed E-state index contributed by atoms with van der Waals surface area (Å²) in [4.78, 5) is 0. The Kier molecular flexibility index (Phi) is 7.27. The molecule has 0 aromatic heterocycles. The van der Waals surface area contributed by atoms with Gasteiger partial charge in [0, 0.05) is 5.82 Å². The summed E-state index contributed by atoms with van der Waals surface area (Å²) < 4.78 is 12.3. The average Bonchev–Trinajstić information content (AvgIpc) is 1.89. The third-order valence-corrected chi connectivity index (χ3v) is 0.917. The van der Waals surface area contributed by atoms with Crippen LogP contribution in [0.25, 0.3) is 0 Å². The van der Waals surface area contributed by atoms with E-state index in [1.165, 1.54) is 18.2 Å². The Labute approximate surface area is 82.0 Å². The second-order valence-electron chi connectivity index (χ2n) is 1.50. The van der Waals surface area contributed by atoms with Crippen molar-refractivity contribution in [3.05, 3.63) is 43.1 Å². The fraction of sp³-hybridized carbons (Fsp3) is 0. The summed E-state index contributed by atoms with van der Waals surface area (Å²) in [6, 6.07) is 8.34. The Balaban J connectivity index is 0. The van der Waals surface area contributed by atoms with Gasteiger partial charge in [-0.15, -0.1) is 24.3 Å². The van der Waals surface area contributed by atoms with Crippen molar-refractivity contribution >= 4 is 23.1 Å². The first kappa shape index (κ1) is 13.0. The van der Waals surface area contributed by atoms with E-state index in [4.69, 9.17) is 5.26 Å².